The number of nitrogens with zero attached hydrogens (tertiary/aromatic N) is 2. The Labute approximate surface area is 163 Å². The number of phenolic OH excluding ortho intramolecular Hbond substituents is 1. The number of rotatable bonds is 6. The van der Waals surface area contributed by atoms with Gasteiger partial charge in [-0.1, -0.05) is 19.1 Å². The molecule has 1 aliphatic heterocycles. The first-order valence-electron chi connectivity index (χ1n) is 8.92. The highest BCUT2D eigenvalue weighted by molar-refractivity contribution is 8.18. The molecule has 1 saturated heterocycles. The summed E-state index contributed by atoms with van der Waals surface area (Å²) in [5, 5.41) is 10.1. The van der Waals surface area contributed by atoms with E-state index >= 15 is 0 Å². The van der Waals surface area contributed by atoms with Gasteiger partial charge in [0.15, 0.2) is 5.17 Å². The predicted octanol–water partition coefficient (Wildman–Crippen LogP) is 4.80. The molecule has 2 aromatic rings. The van der Waals surface area contributed by atoms with Crippen molar-refractivity contribution in [2.24, 2.45) is 4.99 Å². The number of hydrogen-bond acceptors (Lipinski definition) is 5. The van der Waals surface area contributed by atoms with Crippen molar-refractivity contribution < 1.29 is 14.6 Å². The Morgan fingerprint density at radius 1 is 1.11 bits per heavy atom. The first kappa shape index (κ1) is 19.0. The number of benzene rings is 2. The van der Waals surface area contributed by atoms with E-state index in [9.17, 15) is 9.90 Å². The summed E-state index contributed by atoms with van der Waals surface area (Å²) >= 11 is 1.37. The Kier molecular flexibility index (Phi) is 6.19. The van der Waals surface area contributed by atoms with Crippen molar-refractivity contribution in [2.45, 2.75) is 20.3 Å². The fraction of sp³-hybridized carbons (Fsp3) is 0.238. The second-order valence-electron chi connectivity index (χ2n) is 5.98. The molecule has 1 amide bonds. The summed E-state index contributed by atoms with van der Waals surface area (Å²) in [6.45, 7) is 5.22. The van der Waals surface area contributed by atoms with Crippen LogP contribution >= 0.6 is 11.8 Å². The summed E-state index contributed by atoms with van der Waals surface area (Å²) in [7, 11) is 0. The van der Waals surface area contributed by atoms with Gasteiger partial charge in [0.2, 0.25) is 0 Å². The zero-order valence-electron chi connectivity index (χ0n) is 15.4. The summed E-state index contributed by atoms with van der Waals surface area (Å²) in [5.41, 5.74) is 1.64. The van der Waals surface area contributed by atoms with Crippen LogP contribution < -0.4 is 4.74 Å². The lowest BCUT2D eigenvalue weighted by atomic mass is 10.2. The van der Waals surface area contributed by atoms with Crippen LogP contribution in [0.4, 0.5) is 5.69 Å². The van der Waals surface area contributed by atoms with E-state index in [4.69, 9.17) is 4.74 Å². The van der Waals surface area contributed by atoms with E-state index in [1.54, 1.807) is 29.2 Å². The predicted molar refractivity (Wildman–Crippen MR) is 110 cm³/mol. The van der Waals surface area contributed by atoms with Gasteiger partial charge in [-0.15, -0.1) is 0 Å². The summed E-state index contributed by atoms with van der Waals surface area (Å²) in [4.78, 5) is 19.8. The smallest absolute Gasteiger partial charge is 0.266 e. The number of aliphatic imine (C=N–C) groups is 1. The number of aromatic hydroxyl groups is 1. The van der Waals surface area contributed by atoms with Crippen LogP contribution in [0.15, 0.2) is 58.4 Å². The minimum absolute atomic E-state index is 0.0420. The molecule has 0 unspecified atom stereocenters. The van der Waals surface area contributed by atoms with Gasteiger partial charge in [0, 0.05) is 6.54 Å². The minimum Gasteiger partial charge on any atom is -0.508 e. The number of ether oxygens (including phenoxy) is 1. The van der Waals surface area contributed by atoms with E-state index in [1.165, 1.54) is 11.8 Å². The van der Waals surface area contributed by atoms with Gasteiger partial charge in [-0.25, -0.2) is 4.99 Å². The molecule has 27 heavy (non-hydrogen) atoms. The largest absolute Gasteiger partial charge is 0.508 e. The summed E-state index contributed by atoms with van der Waals surface area (Å²) in [6.07, 6.45) is 2.68. The molecule has 0 aliphatic carbocycles. The van der Waals surface area contributed by atoms with Crippen LogP contribution in [0.1, 0.15) is 25.8 Å². The maximum atomic E-state index is 12.8. The molecule has 0 aromatic heterocycles. The molecule has 0 bridgehead atoms. The van der Waals surface area contributed by atoms with Crippen LogP contribution in [0.2, 0.25) is 0 Å². The quantitative estimate of drug-likeness (QED) is 0.729. The van der Waals surface area contributed by atoms with Gasteiger partial charge in [0.1, 0.15) is 11.5 Å². The maximum Gasteiger partial charge on any atom is 0.266 e. The van der Waals surface area contributed by atoms with Crippen molar-refractivity contribution in [1.29, 1.82) is 0 Å². The second kappa shape index (κ2) is 8.77. The molecule has 0 spiro atoms. The van der Waals surface area contributed by atoms with Crippen LogP contribution in [-0.4, -0.2) is 34.2 Å². The average Bonchev–Trinajstić information content (AvgIpc) is 2.95. The van der Waals surface area contributed by atoms with Crippen LogP contribution in [-0.2, 0) is 4.79 Å². The molecule has 6 heteroatoms. The molecule has 140 valence electrons. The zero-order valence-corrected chi connectivity index (χ0v) is 16.2. The Morgan fingerprint density at radius 2 is 1.81 bits per heavy atom. The third-order valence-corrected chi connectivity index (χ3v) is 4.91. The highest BCUT2D eigenvalue weighted by Gasteiger charge is 2.32. The van der Waals surface area contributed by atoms with Gasteiger partial charge in [-0.3, -0.25) is 9.69 Å². The number of amides is 1. The normalized spacial score (nSPS) is 17.1. The summed E-state index contributed by atoms with van der Waals surface area (Å²) in [6, 6.07) is 14.3. The lowest BCUT2D eigenvalue weighted by Crippen LogP contribution is -2.29. The van der Waals surface area contributed by atoms with E-state index in [1.807, 2.05) is 44.2 Å². The van der Waals surface area contributed by atoms with E-state index in [0.29, 0.717) is 23.2 Å². The SMILES string of the molecule is CCCN1C(=O)/C(=C\c2ccc(O)cc2)SC1=Nc1ccc(OCC)cc1. The number of amidine groups is 1. The van der Waals surface area contributed by atoms with Crippen molar-refractivity contribution in [3.8, 4) is 11.5 Å². The highest BCUT2D eigenvalue weighted by atomic mass is 32.2. The monoisotopic (exact) mass is 382 g/mol. The topological polar surface area (TPSA) is 62.1 Å². The van der Waals surface area contributed by atoms with E-state index in [-0.39, 0.29) is 11.7 Å². The van der Waals surface area contributed by atoms with E-state index in [0.717, 1.165) is 23.4 Å². The van der Waals surface area contributed by atoms with Crippen LogP contribution in [0, 0.1) is 0 Å². The molecule has 1 heterocycles. The number of carbonyl (C=O) groups excluding carboxylic acids is 1. The first-order chi connectivity index (χ1) is 13.1. The van der Waals surface area contributed by atoms with Gasteiger partial charge in [-0.05, 0) is 73.1 Å². The highest BCUT2D eigenvalue weighted by Crippen LogP contribution is 2.34. The van der Waals surface area contributed by atoms with Crippen molar-refractivity contribution in [3.05, 3.63) is 59.0 Å². The molecule has 0 radical (unpaired) electrons. The van der Waals surface area contributed by atoms with Crippen molar-refractivity contribution in [1.82, 2.24) is 4.90 Å². The zero-order chi connectivity index (χ0) is 19.2. The van der Waals surface area contributed by atoms with Crippen LogP contribution in [0.5, 0.6) is 11.5 Å². The molecule has 5 nitrogen and oxygen atoms in total. The first-order valence-corrected chi connectivity index (χ1v) is 9.74. The van der Waals surface area contributed by atoms with Crippen molar-refractivity contribution in [3.63, 3.8) is 0 Å². The Hall–Kier alpha value is -2.73. The van der Waals surface area contributed by atoms with Gasteiger partial charge in [0.05, 0.1) is 17.2 Å². The van der Waals surface area contributed by atoms with Gasteiger partial charge in [0.25, 0.3) is 5.91 Å². The summed E-state index contributed by atoms with van der Waals surface area (Å²) < 4.78 is 5.45. The molecular weight excluding hydrogens is 360 g/mol. The Balaban J connectivity index is 1.87. The molecule has 1 N–H and O–H groups in total. The fourth-order valence-corrected chi connectivity index (χ4v) is 3.65. The molecule has 1 aliphatic rings. The van der Waals surface area contributed by atoms with Gasteiger partial charge >= 0.3 is 0 Å². The van der Waals surface area contributed by atoms with Gasteiger partial charge in [-0.2, -0.15) is 0 Å². The number of hydrogen-bond donors (Lipinski definition) is 1. The number of phenols is 1. The molecule has 2 aromatic carbocycles. The van der Waals surface area contributed by atoms with Crippen LogP contribution in [0.25, 0.3) is 6.08 Å². The standard InChI is InChI=1S/C21H22N2O3S/c1-3-13-23-20(25)19(14-15-5-9-17(24)10-6-15)27-21(23)22-16-7-11-18(12-8-16)26-4-2/h5-12,14,24H,3-4,13H2,1-2H3/b19-14+,22-21?. The van der Waals surface area contributed by atoms with Crippen LogP contribution in [0.3, 0.4) is 0 Å². The lowest BCUT2D eigenvalue weighted by Gasteiger charge is -2.14. The molecule has 1 fully saturated rings. The van der Waals surface area contributed by atoms with Crippen molar-refractivity contribution in [2.75, 3.05) is 13.2 Å². The molecule has 0 atom stereocenters. The Bertz CT molecular complexity index is 858. The lowest BCUT2D eigenvalue weighted by molar-refractivity contribution is -0.122. The third-order valence-electron chi connectivity index (χ3n) is 3.90. The molecule has 0 saturated carbocycles. The second-order valence-corrected chi connectivity index (χ2v) is 6.99. The van der Waals surface area contributed by atoms with E-state index < -0.39 is 0 Å². The average molecular weight is 382 g/mol. The van der Waals surface area contributed by atoms with E-state index in [2.05, 4.69) is 4.99 Å². The maximum absolute atomic E-state index is 12.8. The molecule has 3 rings (SSSR count). The summed E-state index contributed by atoms with van der Waals surface area (Å²) in [5.74, 6) is 0.961. The third kappa shape index (κ3) is 4.71. The fourth-order valence-electron chi connectivity index (χ4n) is 2.63. The van der Waals surface area contributed by atoms with Crippen molar-refractivity contribution >= 4 is 34.6 Å². The molecular formula is C21H22N2O3S. The van der Waals surface area contributed by atoms with Gasteiger partial charge < -0.3 is 9.84 Å². The minimum atomic E-state index is -0.0420. The number of thioether (sulfide) groups is 1. The Morgan fingerprint density at radius 3 is 2.44 bits per heavy atom. The number of carbonyl (C=O) groups is 1.